The first-order valence-corrected chi connectivity index (χ1v) is 23.4. The molecule has 6 aromatic carbocycles. The van der Waals surface area contributed by atoms with E-state index in [9.17, 15) is 34.8 Å². The van der Waals surface area contributed by atoms with Gasteiger partial charge in [0.1, 0.15) is 0 Å². The van der Waals surface area contributed by atoms with Crippen molar-refractivity contribution in [2.24, 2.45) is 0 Å². The average Bonchev–Trinajstić information content (AvgIpc) is 3.96. The molecule has 0 spiro atoms. The van der Waals surface area contributed by atoms with Crippen molar-refractivity contribution in [3.63, 3.8) is 0 Å². The molecule has 65 heavy (non-hydrogen) atoms. The summed E-state index contributed by atoms with van der Waals surface area (Å²) in [7, 11) is -7.77. The van der Waals surface area contributed by atoms with Gasteiger partial charge >= 0.3 is 12.1 Å². The first-order valence-electron chi connectivity index (χ1n) is 20.5. The lowest BCUT2D eigenvalue weighted by atomic mass is 9.98. The van der Waals surface area contributed by atoms with E-state index >= 15 is 0 Å². The van der Waals surface area contributed by atoms with E-state index in [1.165, 1.54) is 28.4 Å². The summed E-state index contributed by atoms with van der Waals surface area (Å²) in [4.78, 5) is 11.4. The van der Waals surface area contributed by atoms with E-state index in [1.807, 2.05) is 98.8 Å². The lowest BCUT2D eigenvalue weighted by Crippen LogP contribution is -2.36. The van der Waals surface area contributed by atoms with Crippen molar-refractivity contribution in [1.82, 2.24) is 18.6 Å². The van der Waals surface area contributed by atoms with Gasteiger partial charge in [-0.15, -0.1) is 0 Å². The van der Waals surface area contributed by atoms with Crippen molar-refractivity contribution in [3.8, 4) is 22.5 Å². The molecule has 0 saturated heterocycles. The van der Waals surface area contributed by atoms with E-state index < -0.39 is 38.7 Å². The monoisotopic (exact) mass is 914 g/mol. The summed E-state index contributed by atoms with van der Waals surface area (Å²) in [5, 5.41) is 5.41. The molecular formula is C51H45F3N4O5S2. The SMILES string of the molecule is Cc1ccc(S(=O)(=O)n2cc(CNC(=O)C(F)(F)F)cc2-c2ccccc2)cc1.Cc1ccc(S(=O)(=O)n2cc(CNC(c3ccccc3)c3ccccc3)cc2-c2ccccc2)cc1. The van der Waals surface area contributed by atoms with E-state index in [-0.39, 0.29) is 27.1 Å². The number of nitrogens with zero attached hydrogens (tertiary/aromatic N) is 2. The molecule has 0 saturated carbocycles. The third-order valence-electron chi connectivity index (χ3n) is 10.5. The van der Waals surface area contributed by atoms with Crippen molar-refractivity contribution < 1.29 is 34.8 Å². The zero-order valence-electron chi connectivity index (χ0n) is 35.4. The molecule has 2 N–H and O–H groups in total. The molecule has 332 valence electrons. The highest BCUT2D eigenvalue weighted by Crippen LogP contribution is 2.30. The fraction of sp³-hybridized carbons (Fsp3) is 0.118. The second-order valence-corrected chi connectivity index (χ2v) is 18.9. The van der Waals surface area contributed by atoms with Crippen LogP contribution in [0.1, 0.15) is 39.4 Å². The number of amides is 1. The van der Waals surface area contributed by atoms with E-state index in [0.29, 0.717) is 17.8 Å². The highest BCUT2D eigenvalue weighted by molar-refractivity contribution is 7.90. The number of nitrogens with one attached hydrogen (secondary N) is 2. The van der Waals surface area contributed by atoms with Crippen molar-refractivity contribution >= 4 is 26.0 Å². The lowest BCUT2D eigenvalue weighted by Gasteiger charge is -2.19. The Balaban J connectivity index is 0.000000199. The zero-order valence-corrected chi connectivity index (χ0v) is 37.0. The Morgan fingerprint density at radius 1 is 0.523 bits per heavy atom. The molecule has 2 aromatic heterocycles. The van der Waals surface area contributed by atoms with Gasteiger partial charge in [-0.25, -0.2) is 24.8 Å². The van der Waals surface area contributed by atoms with Gasteiger partial charge in [0, 0.05) is 25.5 Å². The molecule has 0 aliphatic carbocycles. The fourth-order valence-corrected chi connectivity index (χ4v) is 9.89. The molecule has 0 unspecified atom stereocenters. The standard InChI is InChI=1S/C31H28N2O2S.C20H17F3N2O3S/c1-24-17-19-29(20-18-24)36(34,35)33-23-25(21-30(33)26-11-5-2-6-12-26)22-32-31(27-13-7-3-8-14-27)28-15-9-4-10-16-28;1-14-7-9-17(10-8-14)29(27,28)25-13-15(12-24-19(26)20(21,22)23)11-18(25)16-5-3-2-4-6-16/h2-21,23,31-32H,22H2,1H3;2-11,13H,12H2,1H3,(H,24,26). The van der Waals surface area contributed by atoms with Crippen LogP contribution in [0.25, 0.3) is 22.5 Å². The lowest BCUT2D eigenvalue weighted by molar-refractivity contribution is -0.173. The Morgan fingerprint density at radius 3 is 1.25 bits per heavy atom. The summed E-state index contributed by atoms with van der Waals surface area (Å²) in [6.45, 7) is 3.81. The van der Waals surface area contributed by atoms with Crippen LogP contribution in [0.4, 0.5) is 13.2 Å². The highest BCUT2D eigenvalue weighted by atomic mass is 32.2. The number of aryl methyl sites for hydroxylation is 2. The number of carbonyl (C=O) groups is 1. The molecule has 8 rings (SSSR count). The van der Waals surface area contributed by atoms with Crippen molar-refractivity contribution in [3.05, 3.63) is 228 Å². The van der Waals surface area contributed by atoms with Crippen LogP contribution < -0.4 is 10.6 Å². The number of hydrogen-bond donors (Lipinski definition) is 2. The summed E-state index contributed by atoms with van der Waals surface area (Å²) >= 11 is 0. The minimum Gasteiger partial charge on any atom is -0.344 e. The Bertz CT molecular complexity index is 3030. The summed E-state index contributed by atoms with van der Waals surface area (Å²) in [6, 6.07) is 55.4. The Hall–Kier alpha value is -7.00. The maximum Gasteiger partial charge on any atom is 0.471 e. The fourth-order valence-electron chi connectivity index (χ4n) is 7.09. The maximum absolute atomic E-state index is 13.7. The minimum atomic E-state index is -5.02. The predicted octanol–water partition coefficient (Wildman–Crippen LogP) is 10.5. The molecule has 0 bridgehead atoms. The van der Waals surface area contributed by atoms with E-state index in [2.05, 4.69) is 29.6 Å². The predicted molar refractivity (Wildman–Crippen MR) is 247 cm³/mol. The second kappa shape index (κ2) is 19.8. The van der Waals surface area contributed by atoms with Gasteiger partial charge in [0.15, 0.2) is 0 Å². The number of alkyl halides is 3. The first-order chi connectivity index (χ1) is 31.1. The number of benzene rings is 6. The molecular weight excluding hydrogens is 870 g/mol. The van der Waals surface area contributed by atoms with Gasteiger partial charge in [0.05, 0.1) is 27.2 Å². The molecule has 0 fully saturated rings. The third-order valence-corrected chi connectivity index (χ3v) is 13.8. The van der Waals surface area contributed by atoms with Gasteiger partial charge < -0.3 is 10.6 Å². The Labute approximate surface area is 377 Å². The normalized spacial score (nSPS) is 11.8. The smallest absolute Gasteiger partial charge is 0.344 e. The number of hydrogen-bond acceptors (Lipinski definition) is 6. The van der Waals surface area contributed by atoms with Crippen LogP contribution in [0.5, 0.6) is 0 Å². The molecule has 8 aromatic rings. The molecule has 0 aliphatic heterocycles. The molecule has 14 heteroatoms. The van der Waals surface area contributed by atoms with Crippen LogP contribution in [-0.2, 0) is 37.9 Å². The first kappa shape index (κ1) is 46.0. The number of carbonyl (C=O) groups excluding carboxylic acids is 1. The number of aromatic nitrogens is 2. The molecule has 0 aliphatic rings. The van der Waals surface area contributed by atoms with E-state index in [4.69, 9.17) is 0 Å². The number of rotatable bonds is 13. The minimum absolute atomic E-state index is 0.0235. The van der Waals surface area contributed by atoms with Gasteiger partial charge in [0.2, 0.25) is 0 Å². The van der Waals surface area contributed by atoms with Crippen LogP contribution in [0.15, 0.2) is 204 Å². The van der Waals surface area contributed by atoms with Gasteiger partial charge in [-0.1, -0.05) is 157 Å². The van der Waals surface area contributed by atoms with Crippen LogP contribution in [0.3, 0.4) is 0 Å². The summed E-state index contributed by atoms with van der Waals surface area (Å²) < 4.78 is 93.4. The maximum atomic E-state index is 13.7. The molecule has 0 radical (unpaired) electrons. The van der Waals surface area contributed by atoms with Crippen LogP contribution in [-0.4, -0.2) is 36.9 Å². The van der Waals surface area contributed by atoms with Crippen LogP contribution >= 0.6 is 0 Å². The van der Waals surface area contributed by atoms with Crippen molar-refractivity contribution in [1.29, 1.82) is 0 Å². The van der Waals surface area contributed by atoms with Gasteiger partial charge in [-0.3, -0.25) is 4.79 Å². The summed E-state index contributed by atoms with van der Waals surface area (Å²) in [5.41, 5.74) is 7.65. The zero-order chi connectivity index (χ0) is 46.2. The van der Waals surface area contributed by atoms with E-state index in [0.717, 1.165) is 37.4 Å². The molecule has 0 atom stereocenters. The van der Waals surface area contributed by atoms with E-state index in [1.54, 1.807) is 66.1 Å². The second-order valence-electron chi connectivity index (χ2n) is 15.2. The average molecular weight is 915 g/mol. The van der Waals surface area contributed by atoms with Crippen molar-refractivity contribution in [2.75, 3.05) is 0 Å². The topological polar surface area (TPSA) is 119 Å². The quantitative estimate of drug-likeness (QED) is 0.119. The highest BCUT2D eigenvalue weighted by Gasteiger charge is 2.38. The number of halogens is 3. The third kappa shape index (κ3) is 11.0. The van der Waals surface area contributed by atoms with Crippen LogP contribution in [0, 0.1) is 13.8 Å². The van der Waals surface area contributed by atoms with Crippen molar-refractivity contribution in [2.45, 2.75) is 48.9 Å². The Kier molecular flexibility index (Phi) is 14.0. The largest absolute Gasteiger partial charge is 0.471 e. The van der Waals surface area contributed by atoms with Gasteiger partial charge in [0.25, 0.3) is 20.0 Å². The molecule has 2 heterocycles. The molecule has 9 nitrogen and oxygen atoms in total. The molecule has 1 amide bonds. The van der Waals surface area contributed by atoms with Gasteiger partial charge in [-0.05, 0) is 83.6 Å². The summed E-state index contributed by atoms with van der Waals surface area (Å²) in [6.07, 6.45) is -2.06. The Morgan fingerprint density at radius 2 is 0.877 bits per heavy atom. The summed E-state index contributed by atoms with van der Waals surface area (Å²) in [5.74, 6) is -2.09. The van der Waals surface area contributed by atoms with Crippen LogP contribution in [0.2, 0.25) is 0 Å². The van der Waals surface area contributed by atoms with Gasteiger partial charge in [-0.2, -0.15) is 13.2 Å².